The lowest BCUT2D eigenvalue weighted by atomic mass is 10.1. The molecule has 1 saturated heterocycles. The highest BCUT2D eigenvalue weighted by Gasteiger charge is 2.27. The SMILES string of the molecule is CN(CC1CCCCCN1)C1CC1. The molecule has 2 aliphatic rings. The normalized spacial score (nSPS) is 30.5. The van der Waals surface area contributed by atoms with Crippen LogP contribution in [0.3, 0.4) is 0 Å². The molecule has 0 aromatic heterocycles. The molecule has 1 N–H and O–H groups in total. The molecule has 1 saturated carbocycles. The van der Waals surface area contributed by atoms with Gasteiger partial charge in [0.1, 0.15) is 0 Å². The standard InChI is InChI=1S/C11H22N2/c1-13(11-6-7-11)9-10-5-3-2-4-8-12-10/h10-12H,2-9H2,1H3. The summed E-state index contributed by atoms with van der Waals surface area (Å²) < 4.78 is 0. The zero-order chi connectivity index (χ0) is 9.10. The van der Waals surface area contributed by atoms with Gasteiger partial charge >= 0.3 is 0 Å². The van der Waals surface area contributed by atoms with Gasteiger partial charge in [-0.3, -0.25) is 0 Å². The van der Waals surface area contributed by atoms with Crippen LogP contribution in [0.25, 0.3) is 0 Å². The molecule has 0 bridgehead atoms. The average Bonchev–Trinajstić information content (AvgIpc) is 2.92. The van der Waals surface area contributed by atoms with Crippen molar-refractivity contribution in [2.75, 3.05) is 20.1 Å². The molecule has 76 valence electrons. The van der Waals surface area contributed by atoms with E-state index < -0.39 is 0 Å². The monoisotopic (exact) mass is 182 g/mol. The van der Waals surface area contributed by atoms with E-state index >= 15 is 0 Å². The second-order valence-corrected chi connectivity index (χ2v) is 4.67. The Bertz CT molecular complexity index is 146. The lowest BCUT2D eigenvalue weighted by Crippen LogP contribution is -2.39. The van der Waals surface area contributed by atoms with E-state index in [1.54, 1.807) is 0 Å². The summed E-state index contributed by atoms with van der Waals surface area (Å²) in [4.78, 5) is 2.54. The number of nitrogens with one attached hydrogen (secondary N) is 1. The Morgan fingerprint density at radius 3 is 2.77 bits per heavy atom. The number of nitrogens with zero attached hydrogens (tertiary/aromatic N) is 1. The number of hydrogen-bond acceptors (Lipinski definition) is 2. The third kappa shape index (κ3) is 2.96. The molecule has 1 heterocycles. The highest BCUT2D eigenvalue weighted by Crippen LogP contribution is 2.25. The molecule has 0 aromatic carbocycles. The molecule has 1 atom stereocenters. The van der Waals surface area contributed by atoms with E-state index in [4.69, 9.17) is 0 Å². The maximum atomic E-state index is 3.65. The smallest absolute Gasteiger partial charge is 0.0195 e. The van der Waals surface area contributed by atoms with E-state index in [1.807, 2.05) is 0 Å². The predicted octanol–water partition coefficient (Wildman–Crippen LogP) is 1.61. The van der Waals surface area contributed by atoms with Crippen molar-refractivity contribution in [3.05, 3.63) is 0 Å². The molecule has 0 spiro atoms. The van der Waals surface area contributed by atoms with Crippen LogP contribution in [0.5, 0.6) is 0 Å². The van der Waals surface area contributed by atoms with Gasteiger partial charge < -0.3 is 10.2 Å². The summed E-state index contributed by atoms with van der Waals surface area (Å²) in [6.45, 7) is 2.51. The Balaban J connectivity index is 1.71. The summed E-state index contributed by atoms with van der Waals surface area (Å²) in [5, 5.41) is 3.65. The maximum absolute atomic E-state index is 3.65. The quantitative estimate of drug-likeness (QED) is 0.713. The summed E-state index contributed by atoms with van der Waals surface area (Å²) in [7, 11) is 2.28. The molecule has 2 fully saturated rings. The van der Waals surface area contributed by atoms with Crippen molar-refractivity contribution in [1.82, 2.24) is 10.2 Å². The van der Waals surface area contributed by atoms with Crippen LogP contribution in [-0.4, -0.2) is 37.1 Å². The Kier molecular flexibility index (Phi) is 3.23. The Morgan fingerprint density at radius 1 is 1.15 bits per heavy atom. The fourth-order valence-corrected chi connectivity index (χ4v) is 2.27. The molecule has 2 nitrogen and oxygen atoms in total. The number of hydrogen-bond donors (Lipinski definition) is 1. The Hall–Kier alpha value is -0.0800. The van der Waals surface area contributed by atoms with Crippen molar-refractivity contribution in [2.24, 2.45) is 0 Å². The molecular formula is C11H22N2. The molecular weight excluding hydrogens is 160 g/mol. The van der Waals surface area contributed by atoms with Gasteiger partial charge in [-0.25, -0.2) is 0 Å². The van der Waals surface area contributed by atoms with Crippen molar-refractivity contribution in [3.63, 3.8) is 0 Å². The van der Waals surface area contributed by atoms with Crippen LogP contribution >= 0.6 is 0 Å². The van der Waals surface area contributed by atoms with E-state index in [1.165, 1.54) is 51.6 Å². The van der Waals surface area contributed by atoms with Crippen LogP contribution in [0.15, 0.2) is 0 Å². The predicted molar refractivity (Wildman–Crippen MR) is 55.9 cm³/mol. The topological polar surface area (TPSA) is 15.3 Å². The molecule has 1 aliphatic heterocycles. The fourth-order valence-electron chi connectivity index (χ4n) is 2.27. The van der Waals surface area contributed by atoms with E-state index in [2.05, 4.69) is 17.3 Å². The number of likely N-dealkylation sites (N-methyl/N-ethyl adjacent to an activating group) is 1. The van der Waals surface area contributed by atoms with Gasteiger partial charge in [0, 0.05) is 18.6 Å². The van der Waals surface area contributed by atoms with Gasteiger partial charge in [-0.1, -0.05) is 12.8 Å². The fraction of sp³-hybridized carbons (Fsp3) is 1.00. The van der Waals surface area contributed by atoms with Crippen molar-refractivity contribution in [2.45, 2.75) is 50.6 Å². The third-order valence-corrected chi connectivity index (χ3v) is 3.34. The lowest BCUT2D eigenvalue weighted by Gasteiger charge is -2.23. The molecule has 0 aromatic rings. The largest absolute Gasteiger partial charge is 0.313 e. The van der Waals surface area contributed by atoms with Gasteiger partial charge in [-0.05, 0) is 39.3 Å². The first-order valence-corrected chi connectivity index (χ1v) is 5.80. The zero-order valence-electron chi connectivity index (χ0n) is 8.76. The molecule has 1 unspecified atom stereocenters. The minimum atomic E-state index is 0.771. The highest BCUT2D eigenvalue weighted by atomic mass is 15.2. The minimum Gasteiger partial charge on any atom is -0.313 e. The van der Waals surface area contributed by atoms with Crippen LogP contribution in [0.4, 0.5) is 0 Å². The first-order valence-electron chi connectivity index (χ1n) is 5.80. The summed E-state index contributed by atoms with van der Waals surface area (Å²) in [5.41, 5.74) is 0. The molecule has 0 radical (unpaired) electrons. The molecule has 1 aliphatic carbocycles. The summed E-state index contributed by atoms with van der Waals surface area (Å²) >= 11 is 0. The minimum absolute atomic E-state index is 0.771. The average molecular weight is 182 g/mol. The van der Waals surface area contributed by atoms with Gasteiger partial charge in [0.2, 0.25) is 0 Å². The van der Waals surface area contributed by atoms with E-state index in [9.17, 15) is 0 Å². The highest BCUT2D eigenvalue weighted by molar-refractivity contribution is 4.85. The Morgan fingerprint density at radius 2 is 2.00 bits per heavy atom. The maximum Gasteiger partial charge on any atom is 0.0195 e. The summed E-state index contributed by atoms with van der Waals surface area (Å²) in [6.07, 6.45) is 8.49. The Labute approximate surface area is 81.7 Å². The van der Waals surface area contributed by atoms with Crippen LogP contribution < -0.4 is 5.32 Å². The van der Waals surface area contributed by atoms with Crippen molar-refractivity contribution in [3.8, 4) is 0 Å². The van der Waals surface area contributed by atoms with Crippen LogP contribution in [-0.2, 0) is 0 Å². The first-order chi connectivity index (χ1) is 6.36. The first kappa shape index (κ1) is 9.47. The number of rotatable bonds is 3. The van der Waals surface area contributed by atoms with Crippen molar-refractivity contribution < 1.29 is 0 Å². The molecule has 0 amide bonds. The summed E-state index contributed by atoms with van der Waals surface area (Å²) in [5.74, 6) is 0. The second kappa shape index (κ2) is 4.43. The zero-order valence-corrected chi connectivity index (χ0v) is 8.76. The van der Waals surface area contributed by atoms with Crippen molar-refractivity contribution >= 4 is 0 Å². The van der Waals surface area contributed by atoms with Crippen LogP contribution in [0.1, 0.15) is 38.5 Å². The third-order valence-electron chi connectivity index (χ3n) is 3.34. The van der Waals surface area contributed by atoms with Gasteiger partial charge in [0.15, 0.2) is 0 Å². The van der Waals surface area contributed by atoms with Crippen LogP contribution in [0, 0.1) is 0 Å². The van der Waals surface area contributed by atoms with E-state index in [-0.39, 0.29) is 0 Å². The molecule has 2 heteroatoms. The van der Waals surface area contributed by atoms with Crippen molar-refractivity contribution in [1.29, 1.82) is 0 Å². The van der Waals surface area contributed by atoms with Gasteiger partial charge in [-0.2, -0.15) is 0 Å². The lowest BCUT2D eigenvalue weighted by molar-refractivity contribution is 0.276. The van der Waals surface area contributed by atoms with Crippen LogP contribution in [0.2, 0.25) is 0 Å². The summed E-state index contributed by atoms with van der Waals surface area (Å²) in [6, 6.07) is 1.69. The molecule has 2 rings (SSSR count). The van der Waals surface area contributed by atoms with E-state index in [0.717, 1.165) is 12.1 Å². The molecule has 13 heavy (non-hydrogen) atoms. The van der Waals surface area contributed by atoms with Gasteiger partial charge in [0.25, 0.3) is 0 Å². The van der Waals surface area contributed by atoms with Gasteiger partial charge in [-0.15, -0.1) is 0 Å². The second-order valence-electron chi connectivity index (χ2n) is 4.67. The van der Waals surface area contributed by atoms with Gasteiger partial charge in [0.05, 0.1) is 0 Å². The van der Waals surface area contributed by atoms with E-state index in [0.29, 0.717) is 0 Å².